The predicted octanol–water partition coefficient (Wildman–Crippen LogP) is 5.28. The van der Waals surface area contributed by atoms with Crippen LogP contribution in [0.15, 0.2) is 72.2 Å². The van der Waals surface area contributed by atoms with Crippen LogP contribution in [0.1, 0.15) is 33.8 Å². The molecule has 1 aliphatic rings. The van der Waals surface area contributed by atoms with E-state index in [-0.39, 0.29) is 17.8 Å². The fraction of sp³-hybridized carbons (Fsp3) is 0.214. The van der Waals surface area contributed by atoms with E-state index in [1.807, 2.05) is 23.6 Å². The number of hydrogen-bond donors (Lipinski definition) is 1. The zero-order chi connectivity index (χ0) is 24.9. The third kappa shape index (κ3) is 5.65. The van der Waals surface area contributed by atoms with E-state index in [1.165, 1.54) is 18.3 Å². The minimum atomic E-state index is -0.317. The van der Waals surface area contributed by atoms with Crippen molar-refractivity contribution >= 4 is 17.2 Å². The summed E-state index contributed by atoms with van der Waals surface area (Å²) in [5, 5.41) is 15.3. The van der Waals surface area contributed by atoms with Crippen LogP contribution in [0.5, 0.6) is 0 Å². The number of nitrogens with one attached hydrogen (secondary N) is 1. The number of carbonyl (C=O) groups excluding carboxylic acids is 1. The molecule has 0 atom stereocenters. The molecule has 2 aromatic heterocycles. The average Bonchev–Trinajstić information content (AvgIpc) is 3.38. The molecule has 0 unspecified atom stereocenters. The van der Waals surface area contributed by atoms with Crippen molar-refractivity contribution in [2.24, 2.45) is 0 Å². The number of amides is 1. The largest absolute Gasteiger partial charge is 0.349 e. The molecule has 8 heteroatoms. The number of aromatic nitrogens is 2. The van der Waals surface area contributed by atoms with E-state index in [2.05, 4.69) is 21.3 Å². The Balaban J connectivity index is 1.12. The van der Waals surface area contributed by atoms with Crippen LogP contribution in [0.2, 0.25) is 0 Å². The maximum absolute atomic E-state index is 13.5. The van der Waals surface area contributed by atoms with Crippen molar-refractivity contribution in [3.8, 4) is 28.6 Å². The first kappa shape index (κ1) is 23.8. The van der Waals surface area contributed by atoms with Crippen molar-refractivity contribution in [3.63, 3.8) is 0 Å². The summed E-state index contributed by atoms with van der Waals surface area (Å²) in [6.07, 6.45) is 3.27. The Morgan fingerprint density at radius 3 is 2.58 bits per heavy atom. The summed E-state index contributed by atoms with van der Waals surface area (Å²) < 4.78 is 13.5. The minimum Gasteiger partial charge on any atom is -0.349 e. The van der Waals surface area contributed by atoms with Crippen molar-refractivity contribution in [2.75, 3.05) is 13.1 Å². The summed E-state index contributed by atoms with van der Waals surface area (Å²) in [7, 11) is 0. The van der Waals surface area contributed by atoms with Crippen LogP contribution in [0.25, 0.3) is 22.5 Å². The van der Waals surface area contributed by atoms with Gasteiger partial charge in [0, 0.05) is 41.8 Å². The molecule has 0 radical (unpaired) electrons. The fourth-order valence-electron chi connectivity index (χ4n) is 4.31. The average molecular weight is 498 g/mol. The van der Waals surface area contributed by atoms with Crippen LogP contribution in [-0.2, 0) is 6.54 Å². The van der Waals surface area contributed by atoms with Gasteiger partial charge in [0.15, 0.2) is 0 Å². The van der Waals surface area contributed by atoms with Crippen LogP contribution < -0.4 is 5.32 Å². The van der Waals surface area contributed by atoms with Gasteiger partial charge in [0.25, 0.3) is 5.91 Å². The molecule has 1 saturated heterocycles. The third-order valence-corrected chi connectivity index (χ3v) is 7.10. The molecular formula is C28H24FN5OS. The van der Waals surface area contributed by atoms with E-state index in [9.17, 15) is 9.18 Å². The predicted molar refractivity (Wildman–Crippen MR) is 138 cm³/mol. The lowest BCUT2D eigenvalue weighted by molar-refractivity contribution is 0.0908. The lowest BCUT2D eigenvalue weighted by atomic mass is 10.0. The number of hydrogen-bond acceptors (Lipinski definition) is 6. The lowest BCUT2D eigenvalue weighted by Crippen LogP contribution is -2.44. The van der Waals surface area contributed by atoms with Crippen LogP contribution in [0, 0.1) is 17.1 Å². The molecule has 1 amide bonds. The Hall–Kier alpha value is -3.93. The van der Waals surface area contributed by atoms with Gasteiger partial charge in [-0.25, -0.2) is 9.37 Å². The molecule has 1 fully saturated rings. The minimum absolute atomic E-state index is 0.109. The highest BCUT2D eigenvalue weighted by atomic mass is 32.1. The number of pyridine rings is 1. The third-order valence-electron chi connectivity index (χ3n) is 6.27. The molecule has 0 spiro atoms. The number of carbonyl (C=O) groups is 1. The van der Waals surface area contributed by atoms with Gasteiger partial charge < -0.3 is 5.32 Å². The van der Waals surface area contributed by atoms with E-state index in [0.29, 0.717) is 22.4 Å². The second-order valence-electron chi connectivity index (χ2n) is 8.79. The van der Waals surface area contributed by atoms with Crippen molar-refractivity contribution in [3.05, 3.63) is 94.2 Å². The molecule has 0 aliphatic carbocycles. The van der Waals surface area contributed by atoms with Gasteiger partial charge >= 0.3 is 0 Å². The fourth-order valence-corrected chi connectivity index (χ4v) is 5.15. The summed E-state index contributed by atoms with van der Waals surface area (Å²) in [4.78, 5) is 24.2. The lowest BCUT2D eigenvalue weighted by Gasteiger charge is -2.31. The zero-order valence-corrected chi connectivity index (χ0v) is 20.3. The second kappa shape index (κ2) is 10.8. The Bertz CT molecular complexity index is 1400. The van der Waals surface area contributed by atoms with Gasteiger partial charge in [0.1, 0.15) is 10.8 Å². The molecule has 6 nitrogen and oxygen atoms in total. The second-order valence-corrected chi connectivity index (χ2v) is 9.73. The Morgan fingerprint density at radius 1 is 1.08 bits per heavy atom. The highest BCUT2D eigenvalue weighted by molar-refractivity contribution is 7.09. The monoisotopic (exact) mass is 497 g/mol. The van der Waals surface area contributed by atoms with E-state index >= 15 is 0 Å². The molecule has 0 saturated carbocycles. The SMILES string of the molecule is N#Cc1cccc(-c2csc(CN3CCC(NC(=O)c4ccc(-c5cccc(F)c5)nc4)CC3)n2)c1. The first-order chi connectivity index (χ1) is 17.6. The number of benzene rings is 2. The molecule has 2 aromatic carbocycles. The first-order valence-electron chi connectivity index (χ1n) is 11.8. The highest BCUT2D eigenvalue weighted by Gasteiger charge is 2.22. The summed E-state index contributed by atoms with van der Waals surface area (Å²) >= 11 is 1.63. The van der Waals surface area contributed by atoms with Crippen molar-refractivity contribution in [2.45, 2.75) is 25.4 Å². The van der Waals surface area contributed by atoms with E-state index in [1.54, 1.807) is 41.7 Å². The maximum atomic E-state index is 13.5. The number of piperidine rings is 1. The number of likely N-dealkylation sites (tertiary alicyclic amines) is 1. The van der Waals surface area contributed by atoms with E-state index in [4.69, 9.17) is 10.2 Å². The van der Waals surface area contributed by atoms with Crippen molar-refractivity contribution < 1.29 is 9.18 Å². The molecule has 5 rings (SSSR count). The normalized spacial score (nSPS) is 14.3. The molecule has 1 N–H and O–H groups in total. The Kier molecular flexibility index (Phi) is 7.12. The number of nitrogens with zero attached hydrogens (tertiary/aromatic N) is 4. The van der Waals surface area contributed by atoms with Gasteiger partial charge in [-0.3, -0.25) is 14.7 Å². The summed E-state index contributed by atoms with van der Waals surface area (Å²) in [6, 6.07) is 19.5. The van der Waals surface area contributed by atoms with Crippen LogP contribution >= 0.6 is 11.3 Å². The van der Waals surface area contributed by atoms with Crippen molar-refractivity contribution in [1.29, 1.82) is 5.26 Å². The van der Waals surface area contributed by atoms with Crippen LogP contribution in [0.4, 0.5) is 4.39 Å². The molecular weight excluding hydrogens is 473 g/mol. The summed E-state index contributed by atoms with van der Waals surface area (Å²) in [6.45, 7) is 2.52. The smallest absolute Gasteiger partial charge is 0.253 e. The summed E-state index contributed by atoms with van der Waals surface area (Å²) in [5.74, 6) is -0.459. The van der Waals surface area contributed by atoms with Gasteiger partial charge in [-0.1, -0.05) is 24.3 Å². The molecule has 1 aliphatic heterocycles. The quantitative estimate of drug-likeness (QED) is 0.392. The molecule has 3 heterocycles. The van der Waals surface area contributed by atoms with E-state index in [0.717, 1.165) is 48.7 Å². The first-order valence-corrected chi connectivity index (χ1v) is 12.7. The topological polar surface area (TPSA) is 81.9 Å². The van der Waals surface area contributed by atoms with Gasteiger partial charge in [0.2, 0.25) is 0 Å². The van der Waals surface area contributed by atoms with Gasteiger partial charge in [-0.05, 0) is 49.2 Å². The Morgan fingerprint density at radius 2 is 1.86 bits per heavy atom. The van der Waals surface area contributed by atoms with Gasteiger partial charge in [-0.15, -0.1) is 11.3 Å². The molecule has 4 aromatic rings. The zero-order valence-electron chi connectivity index (χ0n) is 19.5. The van der Waals surface area contributed by atoms with Crippen LogP contribution in [-0.4, -0.2) is 39.9 Å². The number of halogens is 1. The van der Waals surface area contributed by atoms with E-state index < -0.39 is 0 Å². The Labute approximate surface area is 213 Å². The maximum Gasteiger partial charge on any atom is 0.253 e. The number of nitriles is 1. The molecule has 0 bridgehead atoms. The summed E-state index contributed by atoms with van der Waals surface area (Å²) in [5.41, 5.74) is 4.28. The number of thiazole rings is 1. The number of rotatable bonds is 6. The van der Waals surface area contributed by atoms with Crippen LogP contribution in [0.3, 0.4) is 0 Å². The highest BCUT2D eigenvalue weighted by Crippen LogP contribution is 2.24. The standard InChI is InChI=1S/C28H24FN5OS/c29-23-6-2-5-21(14-23)25-8-7-22(16-31-25)28(35)32-24-9-11-34(12-10-24)17-27-33-26(18-36-27)20-4-1-3-19(13-20)15-30/h1-8,13-14,16,18,24H,9-12,17H2,(H,32,35). The molecule has 180 valence electrons. The molecule has 36 heavy (non-hydrogen) atoms. The van der Waals surface area contributed by atoms with Crippen molar-refractivity contribution in [1.82, 2.24) is 20.2 Å². The van der Waals surface area contributed by atoms with Gasteiger partial charge in [-0.2, -0.15) is 5.26 Å². The van der Waals surface area contributed by atoms with Gasteiger partial charge in [0.05, 0.1) is 35.1 Å².